The van der Waals surface area contributed by atoms with Gasteiger partial charge in [-0.1, -0.05) is 20.8 Å². The van der Waals surface area contributed by atoms with E-state index in [0.717, 1.165) is 10.2 Å². The molecule has 0 aliphatic carbocycles. The van der Waals surface area contributed by atoms with Gasteiger partial charge in [0.25, 0.3) is 0 Å². The van der Waals surface area contributed by atoms with Crippen LogP contribution in [0.3, 0.4) is 0 Å². The third kappa shape index (κ3) is 2.89. The van der Waals surface area contributed by atoms with Crippen molar-refractivity contribution in [3.05, 3.63) is 16.0 Å². The van der Waals surface area contributed by atoms with Crippen molar-refractivity contribution in [2.45, 2.75) is 32.8 Å². The van der Waals surface area contributed by atoms with Crippen molar-refractivity contribution in [3.63, 3.8) is 0 Å². The van der Waals surface area contributed by atoms with Gasteiger partial charge in [0.05, 0.1) is 10.2 Å². The van der Waals surface area contributed by atoms with Crippen molar-refractivity contribution < 1.29 is 4.74 Å². The van der Waals surface area contributed by atoms with Crippen LogP contribution in [0.25, 0.3) is 0 Å². The quantitative estimate of drug-likeness (QED) is 0.898. The molecule has 0 aromatic carbocycles. The minimum absolute atomic E-state index is 0.0710. The van der Waals surface area contributed by atoms with E-state index in [1.54, 1.807) is 7.11 Å². The zero-order valence-corrected chi connectivity index (χ0v) is 11.1. The molecule has 0 fully saturated rings. The van der Waals surface area contributed by atoms with Crippen molar-refractivity contribution in [3.8, 4) is 0 Å². The summed E-state index contributed by atoms with van der Waals surface area (Å²) in [5, 5.41) is 0. The van der Waals surface area contributed by atoms with Crippen LogP contribution in [0.1, 0.15) is 32.3 Å². The number of nitrogen functional groups attached to an aromatic ring is 1. The molecule has 1 aromatic rings. The van der Waals surface area contributed by atoms with Crippen LogP contribution in [0.4, 0.5) is 5.82 Å². The fourth-order valence-electron chi connectivity index (χ4n) is 1.20. The zero-order chi connectivity index (χ0) is 11.6. The number of methoxy groups -OCH3 is 1. The highest BCUT2D eigenvalue weighted by Crippen LogP contribution is 2.30. The molecule has 1 heterocycles. The summed E-state index contributed by atoms with van der Waals surface area (Å²) in [7, 11) is 1.61. The molecule has 1 rings (SSSR count). The smallest absolute Gasteiger partial charge is 0.156 e. The Morgan fingerprint density at radius 1 is 1.33 bits per heavy atom. The first-order chi connectivity index (χ1) is 6.86. The van der Waals surface area contributed by atoms with Crippen molar-refractivity contribution >= 4 is 21.7 Å². The number of hydrogen-bond acceptors (Lipinski definition) is 4. The van der Waals surface area contributed by atoms with E-state index >= 15 is 0 Å². The summed E-state index contributed by atoms with van der Waals surface area (Å²) in [6.07, 6.45) is 0. The van der Waals surface area contributed by atoms with Crippen molar-refractivity contribution in [1.82, 2.24) is 9.97 Å². The van der Waals surface area contributed by atoms with Gasteiger partial charge in [0.15, 0.2) is 5.82 Å². The number of nitrogens with zero attached hydrogens (tertiary/aromatic N) is 2. The topological polar surface area (TPSA) is 61.0 Å². The maximum absolute atomic E-state index is 5.79. The molecule has 0 aliphatic heterocycles. The highest BCUT2D eigenvalue weighted by atomic mass is 79.9. The molecule has 0 saturated heterocycles. The van der Waals surface area contributed by atoms with E-state index in [1.807, 2.05) is 0 Å². The van der Waals surface area contributed by atoms with Gasteiger partial charge in [0, 0.05) is 12.5 Å². The summed E-state index contributed by atoms with van der Waals surface area (Å²) in [5.41, 5.74) is 6.63. The van der Waals surface area contributed by atoms with Crippen LogP contribution in [0.15, 0.2) is 4.47 Å². The third-order valence-corrected chi connectivity index (χ3v) is 2.69. The number of hydrogen-bond donors (Lipinski definition) is 1. The zero-order valence-electron chi connectivity index (χ0n) is 9.47. The lowest BCUT2D eigenvalue weighted by molar-refractivity contribution is 0.177. The minimum Gasteiger partial charge on any atom is -0.383 e. The van der Waals surface area contributed by atoms with Gasteiger partial charge >= 0.3 is 0 Å². The molecule has 0 bridgehead atoms. The second kappa shape index (κ2) is 4.45. The first-order valence-corrected chi connectivity index (χ1v) is 5.47. The molecule has 84 valence electrons. The Labute approximate surface area is 98.4 Å². The summed E-state index contributed by atoms with van der Waals surface area (Å²) in [6.45, 7) is 6.61. The molecule has 0 unspecified atom stereocenters. The van der Waals surface area contributed by atoms with Gasteiger partial charge in [0.1, 0.15) is 12.4 Å². The van der Waals surface area contributed by atoms with Crippen LogP contribution in [0.2, 0.25) is 0 Å². The van der Waals surface area contributed by atoms with Crippen LogP contribution in [-0.2, 0) is 16.8 Å². The summed E-state index contributed by atoms with van der Waals surface area (Å²) in [6, 6.07) is 0. The standard InChI is InChI=1S/C10H16BrN3O/c1-10(2,3)8-7(11)9(12)14-6(13-8)5-15-4/h5H2,1-4H3,(H2,12,13,14). The van der Waals surface area contributed by atoms with Gasteiger partial charge < -0.3 is 10.5 Å². The Morgan fingerprint density at radius 2 is 1.93 bits per heavy atom. The molecular formula is C10H16BrN3O. The molecule has 15 heavy (non-hydrogen) atoms. The Morgan fingerprint density at radius 3 is 2.40 bits per heavy atom. The molecule has 4 nitrogen and oxygen atoms in total. The molecule has 5 heteroatoms. The first kappa shape index (κ1) is 12.4. The van der Waals surface area contributed by atoms with E-state index in [0.29, 0.717) is 18.2 Å². The number of nitrogens with two attached hydrogens (primary N) is 1. The Balaban J connectivity index is 3.25. The normalized spacial score (nSPS) is 11.8. The van der Waals surface area contributed by atoms with Crippen LogP contribution >= 0.6 is 15.9 Å². The number of rotatable bonds is 2. The molecule has 0 atom stereocenters. The molecule has 0 radical (unpaired) electrons. The van der Waals surface area contributed by atoms with E-state index < -0.39 is 0 Å². The Bertz CT molecular complexity index is 360. The molecule has 0 spiro atoms. The average molecular weight is 274 g/mol. The van der Waals surface area contributed by atoms with Gasteiger partial charge in [-0.15, -0.1) is 0 Å². The molecular weight excluding hydrogens is 258 g/mol. The molecule has 2 N–H and O–H groups in total. The van der Waals surface area contributed by atoms with Crippen LogP contribution < -0.4 is 5.73 Å². The van der Waals surface area contributed by atoms with E-state index in [4.69, 9.17) is 10.5 Å². The third-order valence-electron chi connectivity index (χ3n) is 1.91. The van der Waals surface area contributed by atoms with Gasteiger partial charge in [-0.3, -0.25) is 0 Å². The SMILES string of the molecule is COCc1nc(N)c(Br)c(C(C)(C)C)n1. The summed E-state index contributed by atoms with van der Waals surface area (Å²) in [4.78, 5) is 8.56. The molecule has 0 amide bonds. The van der Waals surface area contributed by atoms with E-state index in [2.05, 4.69) is 46.7 Å². The minimum atomic E-state index is -0.0710. The second-order valence-electron chi connectivity index (χ2n) is 4.37. The van der Waals surface area contributed by atoms with Crippen LogP contribution in [-0.4, -0.2) is 17.1 Å². The van der Waals surface area contributed by atoms with E-state index in [1.165, 1.54) is 0 Å². The lowest BCUT2D eigenvalue weighted by Crippen LogP contribution is -2.18. The fraction of sp³-hybridized carbons (Fsp3) is 0.600. The second-order valence-corrected chi connectivity index (χ2v) is 5.16. The first-order valence-electron chi connectivity index (χ1n) is 4.67. The fourth-order valence-corrected chi connectivity index (χ4v) is 1.98. The van der Waals surface area contributed by atoms with Crippen molar-refractivity contribution in [2.75, 3.05) is 12.8 Å². The maximum atomic E-state index is 5.79. The lowest BCUT2D eigenvalue weighted by Gasteiger charge is -2.20. The van der Waals surface area contributed by atoms with Crippen LogP contribution in [0, 0.1) is 0 Å². The predicted molar refractivity (Wildman–Crippen MR) is 63.6 cm³/mol. The number of ether oxygens (including phenoxy) is 1. The monoisotopic (exact) mass is 273 g/mol. The highest BCUT2D eigenvalue weighted by molar-refractivity contribution is 9.10. The van der Waals surface area contributed by atoms with Gasteiger partial charge in [-0.05, 0) is 15.9 Å². The predicted octanol–water partition coefficient (Wildman–Crippen LogP) is 2.27. The summed E-state index contributed by atoms with van der Waals surface area (Å²) in [5.74, 6) is 1.07. The Kier molecular flexibility index (Phi) is 3.67. The number of halogens is 1. The van der Waals surface area contributed by atoms with E-state index in [9.17, 15) is 0 Å². The largest absolute Gasteiger partial charge is 0.383 e. The van der Waals surface area contributed by atoms with Gasteiger partial charge in [0.2, 0.25) is 0 Å². The van der Waals surface area contributed by atoms with Crippen LogP contribution in [0.5, 0.6) is 0 Å². The lowest BCUT2D eigenvalue weighted by atomic mass is 9.92. The summed E-state index contributed by atoms with van der Waals surface area (Å²) < 4.78 is 5.77. The van der Waals surface area contributed by atoms with Crippen molar-refractivity contribution in [1.29, 1.82) is 0 Å². The van der Waals surface area contributed by atoms with E-state index in [-0.39, 0.29) is 5.41 Å². The number of aromatic nitrogens is 2. The molecule has 0 saturated carbocycles. The maximum Gasteiger partial charge on any atom is 0.156 e. The molecule has 1 aromatic heterocycles. The van der Waals surface area contributed by atoms with Gasteiger partial charge in [-0.2, -0.15) is 0 Å². The average Bonchev–Trinajstić information content (AvgIpc) is 2.09. The molecule has 0 aliphatic rings. The Hall–Kier alpha value is -0.680. The number of anilines is 1. The van der Waals surface area contributed by atoms with Crippen molar-refractivity contribution in [2.24, 2.45) is 0 Å². The summed E-state index contributed by atoms with van der Waals surface area (Å²) >= 11 is 3.41. The highest BCUT2D eigenvalue weighted by Gasteiger charge is 2.22. The van der Waals surface area contributed by atoms with Gasteiger partial charge in [-0.25, -0.2) is 9.97 Å².